The lowest BCUT2D eigenvalue weighted by atomic mass is 9.83. The highest BCUT2D eigenvalue weighted by Crippen LogP contribution is 2.35. The summed E-state index contributed by atoms with van der Waals surface area (Å²) in [6.45, 7) is 7.08. The Morgan fingerprint density at radius 3 is 2.57 bits per heavy atom. The average molecular weight is 503 g/mol. The van der Waals surface area contributed by atoms with Gasteiger partial charge in [0.25, 0.3) is 5.56 Å². The summed E-state index contributed by atoms with van der Waals surface area (Å²) in [5, 5.41) is 10.7. The van der Waals surface area contributed by atoms with E-state index in [0.29, 0.717) is 30.6 Å². The van der Waals surface area contributed by atoms with E-state index in [1.54, 1.807) is 12.1 Å². The maximum Gasteiger partial charge on any atom is 0.250 e. The van der Waals surface area contributed by atoms with E-state index in [4.69, 9.17) is 0 Å². The molecule has 194 valence electrons. The second-order valence-corrected chi connectivity index (χ2v) is 10.7. The molecule has 2 fully saturated rings. The molecule has 6 heterocycles. The Morgan fingerprint density at radius 2 is 1.78 bits per heavy atom. The number of hydrogen-bond donors (Lipinski definition) is 1. The normalized spacial score (nSPS) is 22.1. The third-order valence-electron chi connectivity index (χ3n) is 8.30. The average Bonchev–Trinajstić information content (AvgIpc) is 2.91. The monoisotopic (exact) mass is 502 g/mol. The van der Waals surface area contributed by atoms with Crippen molar-refractivity contribution in [2.75, 3.05) is 44.2 Å². The summed E-state index contributed by atoms with van der Waals surface area (Å²) in [4.78, 5) is 36.5. The molecule has 0 spiro atoms. The zero-order valence-electron chi connectivity index (χ0n) is 21.3. The van der Waals surface area contributed by atoms with Gasteiger partial charge < -0.3 is 19.1 Å². The molecule has 2 saturated heterocycles. The van der Waals surface area contributed by atoms with E-state index in [2.05, 4.69) is 25.8 Å². The van der Waals surface area contributed by atoms with Crippen LogP contribution in [0.2, 0.25) is 0 Å². The van der Waals surface area contributed by atoms with Gasteiger partial charge >= 0.3 is 0 Å². The summed E-state index contributed by atoms with van der Waals surface area (Å²) in [7, 11) is 1.95. The molecular weight excluding hydrogens is 468 g/mol. The fourth-order valence-electron chi connectivity index (χ4n) is 6.37. The Morgan fingerprint density at radius 1 is 0.946 bits per heavy atom. The van der Waals surface area contributed by atoms with E-state index < -0.39 is 0 Å². The van der Waals surface area contributed by atoms with Crippen LogP contribution in [0.15, 0.2) is 58.3 Å². The number of rotatable bonds is 5. The van der Waals surface area contributed by atoms with Crippen LogP contribution in [-0.4, -0.2) is 68.3 Å². The van der Waals surface area contributed by atoms with Crippen molar-refractivity contribution in [1.82, 2.24) is 23.9 Å². The van der Waals surface area contributed by atoms with E-state index in [1.807, 2.05) is 46.6 Å². The molecule has 0 aliphatic carbocycles. The lowest BCUT2D eigenvalue weighted by Crippen LogP contribution is -2.47. The van der Waals surface area contributed by atoms with Crippen LogP contribution in [0.5, 0.6) is 5.75 Å². The van der Waals surface area contributed by atoms with E-state index >= 15 is 0 Å². The van der Waals surface area contributed by atoms with Gasteiger partial charge in [-0.3, -0.25) is 19.4 Å². The molecule has 2 bridgehead atoms. The lowest BCUT2D eigenvalue weighted by Gasteiger charge is -2.43. The predicted octanol–water partition coefficient (Wildman–Crippen LogP) is 1.59. The number of pyridine rings is 3. The quantitative estimate of drug-likeness (QED) is 0.567. The molecule has 1 N–H and O–H groups in total. The van der Waals surface area contributed by atoms with Crippen LogP contribution in [-0.2, 0) is 26.7 Å². The van der Waals surface area contributed by atoms with Gasteiger partial charge in [-0.15, -0.1) is 0 Å². The number of piperazine rings is 1. The molecule has 3 aliphatic rings. The third-order valence-corrected chi connectivity index (χ3v) is 8.30. The van der Waals surface area contributed by atoms with Crippen LogP contribution in [0.25, 0.3) is 0 Å². The highest BCUT2D eigenvalue weighted by atomic mass is 16.3. The third kappa shape index (κ3) is 4.69. The van der Waals surface area contributed by atoms with Crippen molar-refractivity contribution in [2.24, 2.45) is 13.0 Å². The highest BCUT2D eigenvalue weighted by molar-refractivity contribution is 5.38. The van der Waals surface area contributed by atoms with Crippen molar-refractivity contribution in [3.63, 3.8) is 0 Å². The number of anilines is 1. The molecule has 0 amide bonds. The van der Waals surface area contributed by atoms with Crippen molar-refractivity contribution in [2.45, 2.75) is 32.0 Å². The first-order valence-corrected chi connectivity index (χ1v) is 13.2. The molecule has 3 aliphatic heterocycles. The Balaban J connectivity index is 1.16. The van der Waals surface area contributed by atoms with Crippen molar-refractivity contribution < 1.29 is 5.11 Å². The van der Waals surface area contributed by atoms with E-state index in [9.17, 15) is 14.7 Å². The number of aromatic nitrogens is 3. The van der Waals surface area contributed by atoms with Crippen LogP contribution in [0, 0.1) is 5.92 Å². The van der Waals surface area contributed by atoms with Gasteiger partial charge in [0.15, 0.2) is 5.75 Å². The second-order valence-electron chi connectivity index (χ2n) is 10.7. The zero-order valence-corrected chi connectivity index (χ0v) is 21.3. The maximum absolute atomic E-state index is 12.8. The zero-order chi connectivity index (χ0) is 25.5. The van der Waals surface area contributed by atoms with E-state index in [1.165, 1.54) is 0 Å². The second kappa shape index (κ2) is 9.79. The van der Waals surface area contributed by atoms with E-state index in [-0.39, 0.29) is 16.7 Å². The van der Waals surface area contributed by atoms with Crippen molar-refractivity contribution >= 4 is 5.82 Å². The standard InChI is InChI=1S/C28H34N6O3/c1-30-22(18-32-15-20-13-21(17-32)23-5-4-7-27(36)34(23)16-20)14-25(35)28(37)24(30)19-31-9-11-33(12-10-31)26-6-2-3-8-29-26/h2-8,14,20-21,37H,9-13,15-19H2,1H3/t20-,21+/m1/s1. The summed E-state index contributed by atoms with van der Waals surface area (Å²) >= 11 is 0. The molecule has 6 rings (SSSR count). The van der Waals surface area contributed by atoms with Crippen molar-refractivity contribution in [3.05, 3.63) is 86.3 Å². The number of hydrogen-bond acceptors (Lipinski definition) is 7. The van der Waals surface area contributed by atoms with Gasteiger partial charge in [-0.2, -0.15) is 0 Å². The Labute approximate surface area is 216 Å². The van der Waals surface area contributed by atoms with Gasteiger partial charge in [-0.05, 0) is 30.5 Å². The molecule has 0 unspecified atom stereocenters. The van der Waals surface area contributed by atoms with Gasteiger partial charge in [0.05, 0.1) is 5.69 Å². The van der Waals surface area contributed by atoms with Gasteiger partial charge in [0.2, 0.25) is 5.43 Å². The SMILES string of the molecule is Cn1c(CN2C[C@H]3C[C@@H](C2)c2cccc(=O)n2C3)cc(=O)c(O)c1CN1CCN(c2ccccn2)CC1. The number of fused-ring (bicyclic) bond motifs is 4. The van der Waals surface area contributed by atoms with Crippen LogP contribution < -0.4 is 15.9 Å². The van der Waals surface area contributed by atoms with Gasteiger partial charge in [0, 0.05) is 102 Å². The minimum Gasteiger partial charge on any atom is -0.503 e. The predicted molar refractivity (Wildman–Crippen MR) is 142 cm³/mol. The summed E-state index contributed by atoms with van der Waals surface area (Å²) in [6, 6.07) is 13.1. The van der Waals surface area contributed by atoms with Gasteiger partial charge in [0.1, 0.15) is 5.82 Å². The Bertz CT molecular complexity index is 1390. The molecule has 9 nitrogen and oxygen atoms in total. The summed E-state index contributed by atoms with van der Waals surface area (Å²) in [5.74, 6) is 1.58. The van der Waals surface area contributed by atoms with Crippen LogP contribution in [0.4, 0.5) is 5.82 Å². The van der Waals surface area contributed by atoms with Gasteiger partial charge in [-0.25, -0.2) is 4.98 Å². The Kier molecular flexibility index (Phi) is 6.34. The first-order valence-electron chi connectivity index (χ1n) is 13.2. The van der Waals surface area contributed by atoms with Crippen LogP contribution in [0.3, 0.4) is 0 Å². The molecule has 9 heteroatoms. The molecular formula is C28H34N6O3. The number of aromatic hydroxyl groups is 1. The topological polar surface area (TPSA) is 86.8 Å². The molecule has 0 aromatic carbocycles. The lowest BCUT2D eigenvalue weighted by molar-refractivity contribution is 0.112. The molecule has 37 heavy (non-hydrogen) atoms. The van der Waals surface area contributed by atoms with Crippen molar-refractivity contribution in [1.29, 1.82) is 0 Å². The number of nitrogens with zero attached hydrogens (tertiary/aromatic N) is 6. The number of likely N-dealkylation sites (tertiary alicyclic amines) is 1. The van der Waals surface area contributed by atoms with Crippen molar-refractivity contribution in [3.8, 4) is 5.75 Å². The first kappa shape index (κ1) is 23.9. The smallest absolute Gasteiger partial charge is 0.250 e. The van der Waals surface area contributed by atoms with Crippen LogP contribution >= 0.6 is 0 Å². The Hall–Kier alpha value is -3.43. The molecule has 2 atom stereocenters. The highest BCUT2D eigenvalue weighted by Gasteiger charge is 2.34. The molecule has 3 aromatic rings. The fraction of sp³-hybridized carbons (Fsp3) is 0.464. The minimum absolute atomic E-state index is 0.0899. The summed E-state index contributed by atoms with van der Waals surface area (Å²) in [6.07, 6.45) is 2.92. The first-order chi connectivity index (χ1) is 18.0. The molecule has 3 aromatic heterocycles. The molecule has 0 saturated carbocycles. The van der Waals surface area contributed by atoms with Gasteiger partial charge in [-0.1, -0.05) is 12.1 Å². The maximum atomic E-state index is 12.8. The summed E-state index contributed by atoms with van der Waals surface area (Å²) < 4.78 is 3.95. The van der Waals surface area contributed by atoms with E-state index in [0.717, 1.165) is 69.4 Å². The fourth-order valence-corrected chi connectivity index (χ4v) is 6.37. The molecule has 0 radical (unpaired) electrons. The minimum atomic E-state index is -0.315. The number of piperidine rings is 1. The largest absolute Gasteiger partial charge is 0.503 e. The summed E-state index contributed by atoms with van der Waals surface area (Å²) in [5.41, 5.74) is 2.48. The van der Waals surface area contributed by atoms with Crippen LogP contribution in [0.1, 0.15) is 29.4 Å².